The molecule has 0 saturated carbocycles. The highest BCUT2D eigenvalue weighted by atomic mass is 19.1. The van der Waals surface area contributed by atoms with Crippen LogP contribution in [0, 0.1) is 5.82 Å². The van der Waals surface area contributed by atoms with Crippen molar-refractivity contribution in [3.8, 4) is 5.69 Å². The molecule has 1 fully saturated rings. The van der Waals surface area contributed by atoms with Crippen molar-refractivity contribution in [3.63, 3.8) is 0 Å². The van der Waals surface area contributed by atoms with Gasteiger partial charge < -0.3 is 20.0 Å². The van der Waals surface area contributed by atoms with E-state index in [0.717, 1.165) is 25.9 Å². The first-order valence-corrected chi connectivity index (χ1v) is 9.55. The van der Waals surface area contributed by atoms with E-state index in [1.54, 1.807) is 0 Å². The van der Waals surface area contributed by atoms with E-state index < -0.39 is 11.7 Å². The van der Waals surface area contributed by atoms with E-state index in [2.05, 4.69) is 25.6 Å². The van der Waals surface area contributed by atoms with E-state index in [-0.39, 0.29) is 34.8 Å². The predicted octanol–water partition coefficient (Wildman–Crippen LogP) is 2.08. The summed E-state index contributed by atoms with van der Waals surface area (Å²) >= 11 is 0. The van der Waals surface area contributed by atoms with Gasteiger partial charge in [-0.1, -0.05) is 0 Å². The number of nitrogens with one attached hydrogen (secondary N) is 2. The van der Waals surface area contributed by atoms with Crippen LogP contribution in [0.5, 0.6) is 0 Å². The molecule has 156 valence electrons. The SMILES string of the molecule is CN1CCC(NC(=O)c2ccc(C(=O)Nc3ccc(-n4cncn4)c(F)c3)o2)CC1. The molecule has 0 aliphatic carbocycles. The minimum atomic E-state index is -0.582. The maximum Gasteiger partial charge on any atom is 0.291 e. The van der Waals surface area contributed by atoms with Gasteiger partial charge in [-0.2, -0.15) is 5.10 Å². The number of aromatic nitrogens is 3. The molecule has 0 unspecified atom stereocenters. The maximum atomic E-state index is 14.3. The van der Waals surface area contributed by atoms with Crippen LogP contribution in [-0.4, -0.2) is 57.7 Å². The second kappa shape index (κ2) is 8.46. The van der Waals surface area contributed by atoms with E-state index in [4.69, 9.17) is 4.42 Å². The summed E-state index contributed by atoms with van der Waals surface area (Å²) in [7, 11) is 2.05. The first kappa shape index (κ1) is 19.8. The molecule has 4 rings (SSSR count). The standard InChI is InChI=1S/C20H21FN6O3/c1-26-8-6-13(7-9-26)24-19(28)17-4-5-18(30-17)20(29)25-14-2-3-16(15(21)10-14)27-12-22-11-23-27/h2-5,10-13H,6-9H2,1H3,(H,24,28)(H,25,29). The number of rotatable bonds is 5. The molecule has 3 heterocycles. The molecule has 2 N–H and O–H groups in total. The zero-order valence-electron chi connectivity index (χ0n) is 16.3. The number of amides is 2. The highest BCUT2D eigenvalue weighted by Gasteiger charge is 2.22. The van der Waals surface area contributed by atoms with Crippen molar-refractivity contribution in [1.82, 2.24) is 25.0 Å². The lowest BCUT2D eigenvalue weighted by atomic mass is 10.1. The largest absolute Gasteiger partial charge is 0.446 e. The highest BCUT2D eigenvalue weighted by molar-refractivity contribution is 6.03. The molecule has 3 aromatic rings. The lowest BCUT2D eigenvalue weighted by Gasteiger charge is -2.29. The van der Waals surface area contributed by atoms with Crippen LogP contribution in [0.15, 0.2) is 47.4 Å². The third kappa shape index (κ3) is 4.38. The van der Waals surface area contributed by atoms with Crippen molar-refractivity contribution in [2.75, 3.05) is 25.5 Å². The number of halogens is 1. The average molecular weight is 412 g/mol. The van der Waals surface area contributed by atoms with Crippen LogP contribution in [0.3, 0.4) is 0 Å². The van der Waals surface area contributed by atoms with Crippen molar-refractivity contribution < 1.29 is 18.4 Å². The first-order chi connectivity index (χ1) is 14.5. The van der Waals surface area contributed by atoms with Crippen molar-refractivity contribution >= 4 is 17.5 Å². The van der Waals surface area contributed by atoms with Crippen LogP contribution in [0.25, 0.3) is 5.69 Å². The summed E-state index contributed by atoms with van der Waals surface area (Å²) in [5.41, 5.74) is 0.450. The molecule has 9 nitrogen and oxygen atoms in total. The van der Waals surface area contributed by atoms with E-state index in [1.807, 2.05) is 7.05 Å². The molecule has 1 saturated heterocycles. The molecule has 1 aliphatic heterocycles. The fourth-order valence-corrected chi connectivity index (χ4v) is 3.29. The number of likely N-dealkylation sites (tertiary alicyclic amines) is 1. The van der Waals surface area contributed by atoms with Crippen LogP contribution in [0.4, 0.5) is 10.1 Å². The average Bonchev–Trinajstić information content (AvgIpc) is 3.42. The predicted molar refractivity (Wildman–Crippen MR) is 106 cm³/mol. The third-order valence-electron chi connectivity index (χ3n) is 4.98. The highest BCUT2D eigenvalue weighted by Crippen LogP contribution is 2.19. The van der Waals surface area contributed by atoms with Crippen LogP contribution < -0.4 is 10.6 Å². The van der Waals surface area contributed by atoms with Crippen LogP contribution >= 0.6 is 0 Å². The lowest BCUT2D eigenvalue weighted by Crippen LogP contribution is -2.43. The Labute approximate surface area is 171 Å². The zero-order chi connectivity index (χ0) is 21.1. The van der Waals surface area contributed by atoms with E-state index in [1.165, 1.54) is 47.7 Å². The topological polar surface area (TPSA) is 105 Å². The Morgan fingerprint density at radius 1 is 1.13 bits per heavy atom. The van der Waals surface area contributed by atoms with Gasteiger partial charge in [0.25, 0.3) is 11.8 Å². The maximum absolute atomic E-state index is 14.3. The number of anilines is 1. The minimum absolute atomic E-state index is 0.0377. The van der Waals surface area contributed by atoms with Crippen LogP contribution in [0.2, 0.25) is 0 Å². The van der Waals surface area contributed by atoms with Crippen LogP contribution in [0.1, 0.15) is 34.0 Å². The van der Waals surface area contributed by atoms with Gasteiger partial charge in [0, 0.05) is 11.7 Å². The monoisotopic (exact) mass is 412 g/mol. The summed E-state index contributed by atoms with van der Waals surface area (Å²) in [4.78, 5) is 30.8. The van der Waals surface area contributed by atoms with Crippen LogP contribution in [-0.2, 0) is 0 Å². The Balaban J connectivity index is 1.38. The molecular formula is C20H21FN6O3. The van der Waals surface area contributed by atoms with E-state index in [0.29, 0.717) is 0 Å². The van der Waals surface area contributed by atoms with E-state index >= 15 is 0 Å². The van der Waals surface area contributed by atoms with Crippen molar-refractivity contribution in [3.05, 3.63) is 60.3 Å². The van der Waals surface area contributed by atoms with Gasteiger partial charge in [-0.3, -0.25) is 9.59 Å². The molecule has 0 bridgehead atoms. The summed E-state index contributed by atoms with van der Waals surface area (Å²) in [6.07, 6.45) is 4.41. The van der Waals surface area contributed by atoms with E-state index in [9.17, 15) is 14.0 Å². The van der Waals surface area contributed by atoms with Gasteiger partial charge in [-0.05, 0) is 63.3 Å². The number of carbonyl (C=O) groups is 2. The second-order valence-electron chi connectivity index (χ2n) is 7.18. The molecular weight excluding hydrogens is 391 g/mol. The van der Waals surface area contributed by atoms with Gasteiger partial charge in [0.2, 0.25) is 0 Å². The van der Waals surface area contributed by atoms with Crippen molar-refractivity contribution in [1.29, 1.82) is 0 Å². The summed E-state index contributed by atoms with van der Waals surface area (Å²) in [6, 6.07) is 7.14. The Hall–Kier alpha value is -3.53. The molecule has 30 heavy (non-hydrogen) atoms. The second-order valence-corrected chi connectivity index (χ2v) is 7.18. The van der Waals surface area contributed by atoms with Gasteiger partial charge in [-0.15, -0.1) is 0 Å². The molecule has 1 aromatic carbocycles. The number of nitrogens with zero attached hydrogens (tertiary/aromatic N) is 4. The summed E-state index contributed by atoms with van der Waals surface area (Å²) in [6.45, 7) is 1.84. The number of hydrogen-bond acceptors (Lipinski definition) is 6. The van der Waals surface area contributed by atoms with Gasteiger partial charge in [-0.25, -0.2) is 14.1 Å². The number of piperidine rings is 1. The summed E-state index contributed by atoms with van der Waals surface area (Å²) < 4.78 is 21.0. The van der Waals surface area contributed by atoms with Gasteiger partial charge >= 0.3 is 0 Å². The third-order valence-corrected chi connectivity index (χ3v) is 4.98. The Kier molecular flexibility index (Phi) is 5.57. The molecule has 2 amide bonds. The Morgan fingerprint density at radius 3 is 2.53 bits per heavy atom. The van der Waals surface area contributed by atoms with Crippen molar-refractivity contribution in [2.45, 2.75) is 18.9 Å². The van der Waals surface area contributed by atoms with Gasteiger partial charge in [0.15, 0.2) is 17.3 Å². The molecule has 10 heteroatoms. The smallest absolute Gasteiger partial charge is 0.291 e. The molecule has 0 radical (unpaired) electrons. The summed E-state index contributed by atoms with van der Waals surface area (Å²) in [5.74, 6) is -1.49. The molecule has 0 atom stereocenters. The number of hydrogen-bond donors (Lipinski definition) is 2. The molecule has 0 spiro atoms. The fourth-order valence-electron chi connectivity index (χ4n) is 3.29. The fraction of sp³-hybridized carbons (Fsp3) is 0.300. The number of carbonyl (C=O) groups excluding carboxylic acids is 2. The Bertz CT molecular complexity index is 1040. The molecule has 2 aromatic heterocycles. The quantitative estimate of drug-likeness (QED) is 0.665. The normalized spacial score (nSPS) is 15.1. The first-order valence-electron chi connectivity index (χ1n) is 9.55. The van der Waals surface area contributed by atoms with Gasteiger partial charge in [0.05, 0.1) is 0 Å². The minimum Gasteiger partial charge on any atom is -0.446 e. The molecule has 1 aliphatic rings. The summed E-state index contributed by atoms with van der Waals surface area (Å²) in [5, 5.41) is 9.36. The zero-order valence-corrected chi connectivity index (χ0v) is 16.3. The Morgan fingerprint density at radius 2 is 1.87 bits per heavy atom. The van der Waals surface area contributed by atoms with Gasteiger partial charge in [0.1, 0.15) is 18.3 Å². The number of benzene rings is 1. The number of furan rings is 1. The lowest BCUT2D eigenvalue weighted by molar-refractivity contribution is 0.0883. The van der Waals surface area contributed by atoms with Crippen molar-refractivity contribution in [2.24, 2.45) is 0 Å².